The minimum absolute atomic E-state index is 0.128. The van der Waals surface area contributed by atoms with Gasteiger partial charge in [-0.15, -0.1) is 0 Å². The van der Waals surface area contributed by atoms with E-state index in [0.717, 1.165) is 9.79 Å². The third kappa shape index (κ3) is 3.07. The zero-order chi connectivity index (χ0) is 15.7. The first-order valence-corrected chi connectivity index (χ1v) is 7.52. The third-order valence-corrected chi connectivity index (χ3v) is 4.08. The predicted molar refractivity (Wildman–Crippen MR) is 85.7 cm³/mol. The van der Waals surface area contributed by atoms with Crippen LogP contribution in [0.5, 0.6) is 11.5 Å². The molecule has 22 heavy (non-hydrogen) atoms. The second-order valence-electron chi connectivity index (χ2n) is 4.89. The Morgan fingerprint density at radius 2 is 1.32 bits per heavy atom. The number of carbonyl (C=O) groups excluding carboxylic acids is 2. The lowest BCUT2D eigenvalue weighted by Gasteiger charge is -2.21. The van der Waals surface area contributed by atoms with Gasteiger partial charge in [0.15, 0.2) is 0 Å². The first kappa shape index (κ1) is 14.5. The number of hydrogen-bond acceptors (Lipinski definition) is 4. The molecule has 112 valence electrons. The number of fused-ring (bicyclic) bond motifs is 2. The highest BCUT2D eigenvalue weighted by atomic mass is 32.2. The molecule has 1 heterocycles. The molecule has 0 saturated carbocycles. The standard InChI is InChI=1S/C16H14N2O3S/c1-9(19)17-11-3-5-15-13(7-11)21-14-8-12(18-10(2)20)4-6-16(14)22-15/h3-8H,1-2H3,(H,17,19)(H,18,20). The van der Waals surface area contributed by atoms with Crippen LogP contribution in [0.15, 0.2) is 46.2 Å². The number of anilines is 2. The molecular formula is C16H14N2O3S. The first-order valence-electron chi connectivity index (χ1n) is 6.70. The summed E-state index contributed by atoms with van der Waals surface area (Å²) in [4.78, 5) is 24.2. The Bertz CT molecular complexity index is 710. The lowest BCUT2D eigenvalue weighted by molar-refractivity contribution is -0.115. The summed E-state index contributed by atoms with van der Waals surface area (Å²) in [6, 6.07) is 11.1. The van der Waals surface area contributed by atoms with Crippen molar-refractivity contribution in [3.05, 3.63) is 36.4 Å². The molecule has 1 aliphatic rings. The molecule has 0 aromatic heterocycles. The summed E-state index contributed by atoms with van der Waals surface area (Å²) in [6.07, 6.45) is 0. The zero-order valence-corrected chi connectivity index (χ0v) is 12.9. The van der Waals surface area contributed by atoms with Gasteiger partial charge in [0.05, 0.1) is 9.79 Å². The molecule has 0 fully saturated rings. The van der Waals surface area contributed by atoms with Crippen molar-refractivity contribution in [2.75, 3.05) is 10.6 Å². The number of nitrogens with one attached hydrogen (secondary N) is 2. The largest absolute Gasteiger partial charge is 0.455 e. The molecule has 2 amide bonds. The van der Waals surface area contributed by atoms with Gasteiger partial charge in [-0.25, -0.2) is 0 Å². The van der Waals surface area contributed by atoms with Crippen molar-refractivity contribution in [3.8, 4) is 11.5 Å². The number of hydrogen-bond donors (Lipinski definition) is 2. The molecular weight excluding hydrogens is 300 g/mol. The maximum atomic E-state index is 11.1. The van der Waals surface area contributed by atoms with Gasteiger partial charge in [-0.2, -0.15) is 0 Å². The fourth-order valence-corrected chi connectivity index (χ4v) is 3.05. The molecule has 1 aliphatic heterocycles. The van der Waals surface area contributed by atoms with Gasteiger partial charge >= 0.3 is 0 Å². The van der Waals surface area contributed by atoms with Gasteiger partial charge in [-0.1, -0.05) is 11.8 Å². The minimum Gasteiger partial charge on any atom is -0.455 e. The quantitative estimate of drug-likeness (QED) is 0.753. The molecule has 0 bridgehead atoms. The van der Waals surface area contributed by atoms with E-state index >= 15 is 0 Å². The second kappa shape index (κ2) is 5.73. The van der Waals surface area contributed by atoms with Gasteiger partial charge in [0.25, 0.3) is 0 Å². The van der Waals surface area contributed by atoms with E-state index < -0.39 is 0 Å². The fraction of sp³-hybridized carbons (Fsp3) is 0.125. The van der Waals surface area contributed by atoms with Crippen molar-refractivity contribution >= 4 is 35.0 Å². The van der Waals surface area contributed by atoms with Crippen LogP contribution in [0.4, 0.5) is 11.4 Å². The van der Waals surface area contributed by atoms with E-state index in [1.54, 1.807) is 23.9 Å². The molecule has 0 aliphatic carbocycles. The Morgan fingerprint density at radius 3 is 1.73 bits per heavy atom. The average Bonchev–Trinajstić information content (AvgIpc) is 2.43. The smallest absolute Gasteiger partial charge is 0.221 e. The number of carbonyl (C=O) groups is 2. The summed E-state index contributed by atoms with van der Waals surface area (Å²) in [7, 11) is 0. The average molecular weight is 314 g/mol. The van der Waals surface area contributed by atoms with Crippen LogP contribution < -0.4 is 15.4 Å². The van der Waals surface area contributed by atoms with E-state index in [2.05, 4.69) is 10.6 Å². The highest BCUT2D eigenvalue weighted by molar-refractivity contribution is 7.99. The molecule has 0 saturated heterocycles. The van der Waals surface area contributed by atoms with E-state index in [0.29, 0.717) is 22.9 Å². The zero-order valence-electron chi connectivity index (χ0n) is 12.1. The molecule has 5 nitrogen and oxygen atoms in total. The molecule has 0 radical (unpaired) electrons. The third-order valence-electron chi connectivity index (χ3n) is 2.97. The predicted octanol–water partition coefficient (Wildman–Crippen LogP) is 3.86. The van der Waals surface area contributed by atoms with Crippen molar-refractivity contribution in [1.82, 2.24) is 0 Å². The van der Waals surface area contributed by atoms with E-state index in [1.165, 1.54) is 13.8 Å². The van der Waals surface area contributed by atoms with Crippen LogP contribution in [0.2, 0.25) is 0 Å². The van der Waals surface area contributed by atoms with Crippen molar-refractivity contribution in [2.45, 2.75) is 23.6 Å². The van der Waals surface area contributed by atoms with Crippen molar-refractivity contribution in [1.29, 1.82) is 0 Å². The van der Waals surface area contributed by atoms with Crippen molar-refractivity contribution < 1.29 is 14.3 Å². The number of amides is 2. The number of rotatable bonds is 2. The van der Waals surface area contributed by atoms with E-state index in [4.69, 9.17) is 4.74 Å². The van der Waals surface area contributed by atoms with Gasteiger partial charge < -0.3 is 15.4 Å². The molecule has 0 unspecified atom stereocenters. The Labute approximate surface area is 132 Å². The fourth-order valence-electron chi connectivity index (χ4n) is 2.14. The summed E-state index contributed by atoms with van der Waals surface area (Å²) in [6.45, 7) is 2.92. The summed E-state index contributed by atoms with van der Waals surface area (Å²) in [5.74, 6) is 1.11. The summed E-state index contributed by atoms with van der Waals surface area (Å²) >= 11 is 1.59. The van der Waals surface area contributed by atoms with Crippen LogP contribution in [0.25, 0.3) is 0 Å². The Hall–Kier alpha value is -2.47. The van der Waals surface area contributed by atoms with Crippen LogP contribution in [-0.4, -0.2) is 11.8 Å². The van der Waals surface area contributed by atoms with Gasteiger partial charge in [0.2, 0.25) is 11.8 Å². The molecule has 6 heteroatoms. The Kier molecular flexibility index (Phi) is 3.77. The van der Waals surface area contributed by atoms with Crippen LogP contribution in [0.3, 0.4) is 0 Å². The normalized spacial score (nSPS) is 11.7. The van der Waals surface area contributed by atoms with E-state index in [-0.39, 0.29) is 11.8 Å². The van der Waals surface area contributed by atoms with Gasteiger partial charge in [0.1, 0.15) is 11.5 Å². The number of benzene rings is 2. The Balaban J connectivity index is 1.89. The monoisotopic (exact) mass is 314 g/mol. The molecule has 3 rings (SSSR count). The topological polar surface area (TPSA) is 67.4 Å². The van der Waals surface area contributed by atoms with Gasteiger partial charge in [-0.05, 0) is 24.3 Å². The highest BCUT2D eigenvalue weighted by Gasteiger charge is 2.19. The minimum atomic E-state index is -0.128. The number of ether oxygens (including phenoxy) is 1. The molecule has 2 aromatic carbocycles. The second-order valence-corrected chi connectivity index (χ2v) is 5.97. The van der Waals surface area contributed by atoms with Gasteiger partial charge in [0, 0.05) is 37.4 Å². The summed E-state index contributed by atoms with van der Waals surface area (Å²) in [5.41, 5.74) is 1.38. The maximum absolute atomic E-state index is 11.1. The van der Waals surface area contributed by atoms with Crippen molar-refractivity contribution in [2.24, 2.45) is 0 Å². The van der Waals surface area contributed by atoms with Crippen molar-refractivity contribution in [3.63, 3.8) is 0 Å². The lowest BCUT2D eigenvalue weighted by atomic mass is 10.2. The SMILES string of the molecule is CC(=O)Nc1ccc2c(c1)Oc1cc(NC(C)=O)ccc1S2. The molecule has 0 spiro atoms. The maximum Gasteiger partial charge on any atom is 0.221 e. The van der Waals surface area contributed by atoms with Crippen LogP contribution in [-0.2, 0) is 9.59 Å². The summed E-state index contributed by atoms with van der Waals surface area (Å²) in [5, 5.41) is 5.46. The summed E-state index contributed by atoms with van der Waals surface area (Å²) < 4.78 is 5.90. The van der Waals surface area contributed by atoms with Crippen LogP contribution in [0.1, 0.15) is 13.8 Å². The first-order chi connectivity index (χ1) is 10.5. The Morgan fingerprint density at radius 1 is 0.864 bits per heavy atom. The molecule has 2 N–H and O–H groups in total. The van der Waals surface area contributed by atoms with Gasteiger partial charge in [-0.3, -0.25) is 9.59 Å². The highest BCUT2D eigenvalue weighted by Crippen LogP contribution is 2.48. The van der Waals surface area contributed by atoms with E-state index in [1.807, 2.05) is 24.3 Å². The molecule has 2 aromatic rings. The van der Waals surface area contributed by atoms with Crippen LogP contribution in [0, 0.1) is 0 Å². The molecule has 0 atom stereocenters. The lowest BCUT2D eigenvalue weighted by Crippen LogP contribution is -2.07. The van der Waals surface area contributed by atoms with E-state index in [9.17, 15) is 9.59 Å². The van der Waals surface area contributed by atoms with Crippen LogP contribution >= 0.6 is 11.8 Å².